The SMILES string of the molecule is CCC(C(=O)NC1CCCC1)N(Cc1ccc(OC)cc1)C(=O)CN(c1cccc(C(F)(F)F)c1)S(C)(=O)=O. The Kier molecular flexibility index (Phi) is 9.87. The van der Waals surface area contributed by atoms with Crippen molar-refractivity contribution in [1.29, 1.82) is 0 Å². The van der Waals surface area contributed by atoms with Crippen LogP contribution in [-0.2, 0) is 32.3 Å². The van der Waals surface area contributed by atoms with Gasteiger partial charge in [-0.2, -0.15) is 13.2 Å². The van der Waals surface area contributed by atoms with Gasteiger partial charge in [0.1, 0.15) is 18.3 Å². The molecule has 1 N–H and O–H groups in total. The van der Waals surface area contributed by atoms with E-state index in [1.54, 1.807) is 31.2 Å². The van der Waals surface area contributed by atoms with E-state index in [9.17, 15) is 31.2 Å². The summed E-state index contributed by atoms with van der Waals surface area (Å²) in [5.41, 5.74) is -0.673. The first-order valence-electron chi connectivity index (χ1n) is 12.7. The topological polar surface area (TPSA) is 96.0 Å². The number of carbonyl (C=O) groups is 2. The van der Waals surface area contributed by atoms with Gasteiger partial charge in [-0.05, 0) is 55.2 Å². The Labute approximate surface area is 227 Å². The summed E-state index contributed by atoms with van der Waals surface area (Å²) >= 11 is 0. The van der Waals surface area contributed by atoms with Crippen molar-refractivity contribution in [2.75, 3.05) is 24.2 Å². The van der Waals surface area contributed by atoms with Crippen LogP contribution in [-0.4, -0.2) is 57.1 Å². The predicted octanol–water partition coefficient (Wildman–Crippen LogP) is 4.35. The third kappa shape index (κ3) is 8.11. The average molecular weight is 570 g/mol. The van der Waals surface area contributed by atoms with Crippen molar-refractivity contribution in [2.45, 2.75) is 63.8 Å². The number of ether oxygens (including phenoxy) is 1. The maximum Gasteiger partial charge on any atom is 0.416 e. The van der Waals surface area contributed by atoms with Crippen LogP contribution in [0.25, 0.3) is 0 Å². The predicted molar refractivity (Wildman–Crippen MR) is 142 cm³/mol. The van der Waals surface area contributed by atoms with Gasteiger partial charge in [0.2, 0.25) is 21.8 Å². The number of anilines is 1. The highest BCUT2D eigenvalue weighted by Gasteiger charge is 2.35. The summed E-state index contributed by atoms with van der Waals surface area (Å²) in [6.45, 7) is 0.956. The van der Waals surface area contributed by atoms with Gasteiger partial charge in [0.15, 0.2) is 0 Å². The molecule has 1 unspecified atom stereocenters. The van der Waals surface area contributed by atoms with Gasteiger partial charge >= 0.3 is 6.18 Å². The number of nitrogens with zero attached hydrogens (tertiary/aromatic N) is 2. The van der Waals surface area contributed by atoms with E-state index in [4.69, 9.17) is 4.74 Å². The van der Waals surface area contributed by atoms with Crippen molar-refractivity contribution < 1.29 is 35.9 Å². The second-order valence-corrected chi connectivity index (χ2v) is 11.5. The van der Waals surface area contributed by atoms with Gasteiger partial charge in [-0.1, -0.05) is 38.0 Å². The number of nitrogens with one attached hydrogen (secondary N) is 1. The first-order chi connectivity index (χ1) is 18.3. The number of carbonyl (C=O) groups excluding carboxylic acids is 2. The number of amides is 2. The standard InChI is InChI=1S/C27H34F3N3O5S/c1-4-24(26(35)31-21-9-5-6-10-21)32(17-19-12-14-23(38-2)15-13-19)25(34)18-33(39(3,36)37)22-11-7-8-20(16-22)27(28,29)30/h7-8,11-16,21,24H,4-6,9-10,17-18H2,1-3H3,(H,31,35). The molecule has 0 aromatic heterocycles. The molecule has 1 saturated carbocycles. The Balaban J connectivity index is 1.95. The Morgan fingerprint density at radius 1 is 1.10 bits per heavy atom. The molecule has 2 aromatic rings. The summed E-state index contributed by atoms with van der Waals surface area (Å²) in [5.74, 6) is -0.478. The Hall–Kier alpha value is -3.28. The molecule has 1 fully saturated rings. The summed E-state index contributed by atoms with van der Waals surface area (Å²) in [6.07, 6.45) is 0.0433. The summed E-state index contributed by atoms with van der Waals surface area (Å²) in [5, 5.41) is 3.00. The summed E-state index contributed by atoms with van der Waals surface area (Å²) in [4.78, 5) is 28.3. The minimum Gasteiger partial charge on any atom is -0.497 e. The highest BCUT2D eigenvalue weighted by molar-refractivity contribution is 7.92. The third-order valence-corrected chi connectivity index (χ3v) is 7.88. The smallest absolute Gasteiger partial charge is 0.416 e. The molecule has 8 nitrogen and oxygen atoms in total. The number of sulfonamides is 1. The average Bonchev–Trinajstić information content (AvgIpc) is 3.39. The molecule has 0 aliphatic heterocycles. The maximum atomic E-state index is 13.7. The number of rotatable bonds is 11. The van der Waals surface area contributed by atoms with Gasteiger partial charge < -0.3 is 15.0 Å². The highest BCUT2D eigenvalue weighted by atomic mass is 32.2. The summed E-state index contributed by atoms with van der Waals surface area (Å²) in [7, 11) is -2.65. The fourth-order valence-electron chi connectivity index (χ4n) is 4.67. The van der Waals surface area contributed by atoms with E-state index >= 15 is 0 Å². The van der Waals surface area contributed by atoms with E-state index in [2.05, 4.69) is 5.32 Å². The molecule has 3 rings (SSSR count). The largest absolute Gasteiger partial charge is 0.497 e. The first kappa shape index (κ1) is 30.3. The van der Waals surface area contributed by atoms with E-state index in [0.29, 0.717) is 21.7 Å². The van der Waals surface area contributed by atoms with Crippen LogP contribution >= 0.6 is 0 Å². The molecule has 0 saturated heterocycles. The maximum absolute atomic E-state index is 13.7. The van der Waals surface area contributed by atoms with Crippen molar-refractivity contribution in [3.63, 3.8) is 0 Å². The molecule has 214 valence electrons. The molecule has 0 spiro atoms. The lowest BCUT2D eigenvalue weighted by molar-refractivity contribution is -0.140. The molecule has 0 heterocycles. The van der Waals surface area contributed by atoms with Crippen molar-refractivity contribution in [3.8, 4) is 5.75 Å². The number of benzene rings is 2. The normalized spacial score (nSPS) is 15.0. The van der Waals surface area contributed by atoms with E-state index in [-0.39, 0.29) is 30.6 Å². The molecule has 1 atom stereocenters. The molecular weight excluding hydrogens is 535 g/mol. The lowest BCUT2D eigenvalue weighted by Gasteiger charge is -2.33. The lowest BCUT2D eigenvalue weighted by Crippen LogP contribution is -2.53. The van der Waals surface area contributed by atoms with Gasteiger partial charge in [0, 0.05) is 12.6 Å². The van der Waals surface area contributed by atoms with Gasteiger partial charge in [-0.3, -0.25) is 13.9 Å². The molecule has 1 aliphatic rings. The summed E-state index contributed by atoms with van der Waals surface area (Å²) in [6, 6.07) is 9.72. The van der Waals surface area contributed by atoms with Crippen LogP contribution < -0.4 is 14.4 Å². The summed E-state index contributed by atoms with van der Waals surface area (Å²) < 4.78 is 71.1. The minimum atomic E-state index is -4.70. The van der Waals surface area contributed by atoms with Crippen LogP contribution in [0.5, 0.6) is 5.75 Å². The number of methoxy groups -OCH3 is 1. The van der Waals surface area contributed by atoms with Crippen LogP contribution in [0.15, 0.2) is 48.5 Å². The molecular formula is C27H34F3N3O5S. The quantitative estimate of drug-likeness (QED) is 0.434. The number of hydrogen-bond acceptors (Lipinski definition) is 5. The zero-order valence-electron chi connectivity index (χ0n) is 22.2. The number of halogens is 3. The lowest BCUT2D eigenvalue weighted by atomic mass is 10.1. The highest BCUT2D eigenvalue weighted by Crippen LogP contribution is 2.32. The molecule has 2 aromatic carbocycles. The fraction of sp³-hybridized carbons (Fsp3) is 0.481. The molecule has 12 heteroatoms. The Morgan fingerprint density at radius 2 is 1.74 bits per heavy atom. The van der Waals surface area contributed by atoms with Crippen LogP contribution in [0.1, 0.15) is 50.2 Å². The van der Waals surface area contributed by atoms with Crippen LogP contribution in [0, 0.1) is 0 Å². The van der Waals surface area contributed by atoms with Crippen molar-refractivity contribution in [2.24, 2.45) is 0 Å². The van der Waals surface area contributed by atoms with E-state index in [0.717, 1.165) is 44.1 Å². The number of alkyl halides is 3. The van der Waals surface area contributed by atoms with E-state index < -0.39 is 40.3 Å². The molecule has 0 bridgehead atoms. The fourth-order valence-corrected chi connectivity index (χ4v) is 5.51. The van der Waals surface area contributed by atoms with Crippen molar-refractivity contribution in [3.05, 3.63) is 59.7 Å². The third-order valence-electron chi connectivity index (χ3n) is 6.74. The van der Waals surface area contributed by atoms with Gasteiger partial charge in [-0.15, -0.1) is 0 Å². The Morgan fingerprint density at radius 3 is 2.28 bits per heavy atom. The van der Waals surface area contributed by atoms with Crippen LogP contribution in [0.3, 0.4) is 0 Å². The van der Waals surface area contributed by atoms with Gasteiger partial charge in [0.05, 0.1) is 24.6 Å². The zero-order valence-corrected chi connectivity index (χ0v) is 23.0. The monoisotopic (exact) mass is 569 g/mol. The van der Waals surface area contributed by atoms with Gasteiger partial charge in [-0.25, -0.2) is 8.42 Å². The van der Waals surface area contributed by atoms with Crippen molar-refractivity contribution in [1.82, 2.24) is 10.2 Å². The molecule has 2 amide bonds. The molecule has 39 heavy (non-hydrogen) atoms. The minimum absolute atomic E-state index is 0.00196. The first-order valence-corrected chi connectivity index (χ1v) is 14.6. The van der Waals surface area contributed by atoms with E-state index in [1.165, 1.54) is 18.1 Å². The van der Waals surface area contributed by atoms with Crippen LogP contribution in [0.2, 0.25) is 0 Å². The van der Waals surface area contributed by atoms with Gasteiger partial charge in [0.25, 0.3) is 0 Å². The Bertz CT molecular complexity index is 1250. The second-order valence-electron chi connectivity index (χ2n) is 9.60. The molecule has 0 radical (unpaired) electrons. The zero-order chi connectivity index (χ0) is 28.8. The van der Waals surface area contributed by atoms with Crippen molar-refractivity contribution >= 4 is 27.5 Å². The second kappa shape index (κ2) is 12.7. The number of hydrogen-bond donors (Lipinski definition) is 1. The van der Waals surface area contributed by atoms with E-state index in [1.807, 2.05) is 0 Å². The molecule has 1 aliphatic carbocycles. The van der Waals surface area contributed by atoms with Crippen LogP contribution in [0.4, 0.5) is 18.9 Å².